The number of rotatable bonds is 7. The predicted octanol–water partition coefficient (Wildman–Crippen LogP) is 3.28. The normalized spacial score (nSPS) is 18.5. The number of carbonyl (C=O) groups excluding carboxylic acids is 1. The number of ether oxygens (including phenoxy) is 1. The van der Waals surface area contributed by atoms with Gasteiger partial charge < -0.3 is 14.5 Å². The Morgan fingerprint density at radius 1 is 1.03 bits per heavy atom. The van der Waals surface area contributed by atoms with Crippen molar-refractivity contribution in [1.82, 2.24) is 24.5 Å². The van der Waals surface area contributed by atoms with E-state index < -0.39 is 10.0 Å². The molecule has 2 saturated heterocycles. The molecule has 208 valence electrons. The molecule has 1 aromatic carbocycles. The number of likely N-dealkylation sites (tertiary alicyclic amines) is 2. The van der Waals surface area contributed by atoms with Crippen molar-refractivity contribution < 1.29 is 17.9 Å². The fourth-order valence-corrected chi connectivity index (χ4v) is 6.16. The summed E-state index contributed by atoms with van der Waals surface area (Å²) in [5, 5.41) is 0. The lowest BCUT2D eigenvalue weighted by atomic mass is 9.87. The van der Waals surface area contributed by atoms with Crippen LogP contribution in [-0.4, -0.2) is 78.6 Å². The second kappa shape index (κ2) is 11.7. The van der Waals surface area contributed by atoms with Gasteiger partial charge in [0.2, 0.25) is 15.9 Å². The molecule has 1 aromatic heterocycles. The highest BCUT2D eigenvalue weighted by atomic mass is 32.2. The molecule has 1 amide bonds. The van der Waals surface area contributed by atoms with Crippen molar-refractivity contribution in [3.05, 3.63) is 53.0 Å². The Balaban J connectivity index is 1.30. The van der Waals surface area contributed by atoms with E-state index in [0.29, 0.717) is 42.9 Å². The summed E-state index contributed by atoms with van der Waals surface area (Å²) in [4.78, 5) is 26.2. The van der Waals surface area contributed by atoms with Crippen LogP contribution in [-0.2, 0) is 22.0 Å². The molecule has 0 radical (unpaired) electrons. The SMILES string of the molecule is Cc1c(OCc2ccc(C(C)(C)C)cc2)ncnc1C(=O)N1CCC(N2CCC(NS(C)(=O)=O)CC2)CC1. The van der Waals surface area contributed by atoms with Crippen LogP contribution in [0.15, 0.2) is 30.6 Å². The minimum absolute atomic E-state index is 0.0166. The van der Waals surface area contributed by atoms with Gasteiger partial charge >= 0.3 is 0 Å². The lowest BCUT2D eigenvalue weighted by molar-refractivity contribution is 0.0570. The maximum Gasteiger partial charge on any atom is 0.272 e. The Hall–Kier alpha value is -2.56. The Bertz CT molecular complexity index is 1210. The lowest BCUT2D eigenvalue weighted by Gasteiger charge is -2.41. The Labute approximate surface area is 227 Å². The second-order valence-electron chi connectivity index (χ2n) is 11.6. The van der Waals surface area contributed by atoms with Crippen molar-refractivity contribution in [3.63, 3.8) is 0 Å². The standard InChI is InChI=1S/C28H41N5O4S/c1-20-25(29-19-30-26(20)37-18-21-6-8-22(9-7-21)28(2,3)4)27(34)33-16-12-24(13-17-33)32-14-10-23(11-15-32)31-38(5,35)36/h6-9,19,23-24,31H,10-18H2,1-5H3. The van der Waals surface area contributed by atoms with Crippen molar-refractivity contribution >= 4 is 15.9 Å². The van der Waals surface area contributed by atoms with E-state index in [1.165, 1.54) is 18.1 Å². The van der Waals surface area contributed by atoms with Gasteiger partial charge in [-0.2, -0.15) is 0 Å². The molecule has 2 aromatic rings. The van der Waals surface area contributed by atoms with Crippen LogP contribution in [0.1, 0.15) is 73.6 Å². The number of hydrogen-bond acceptors (Lipinski definition) is 7. The third kappa shape index (κ3) is 7.30. The average molecular weight is 544 g/mol. The topological polar surface area (TPSA) is 105 Å². The number of nitrogens with zero attached hydrogens (tertiary/aromatic N) is 4. The smallest absolute Gasteiger partial charge is 0.272 e. The van der Waals surface area contributed by atoms with Crippen molar-refractivity contribution in [1.29, 1.82) is 0 Å². The first-order valence-corrected chi connectivity index (χ1v) is 15.3. The summed E-state index contributed by atoms with van der Waals surface area (Å²) >= 11 is 0. The zero-order chi connectivity index (χ0) is 27.5. The fourth-order valence-electron chi connectivity index (χ4n) is 5.32. The molecule has 2 aliphatic heterocycles. The number of amides is 1. The lowest BCUT2D eigenvalue weighted by Crippen LogP contribution is -2.51. The summed E-state index contributed by atoms with van der Waals surface area (Å²) in [5.41, 5.74) is 3.46. The minimum atomic E-state index is -3.17. The number of carbonyl (C=O) groups is 1. The Morgan fingerprint density at radius 2 is 1.66 bits per heavy atom. The summed E-state index contributed by atoms with van der Waals surface area (Å²) in [6.07, 6.45) is 6.04. The van der Waals surface area contributed by atoms with Gasteiger partial charge in [-0.05, 0) is 62.2 Å². The zero-order valence-corrected chi connectivity index (χ0v) is 24.1. The van der Waals surface area contributed by atoms with E-state index in [9.17, 15) is 13.2 Å². The average Bonchev–Trinajstić information content (AvgIpc) is 2.87. The fraction of sp³-hybridized carbons (Fsp3) is 0.607. The molecule has 0 unspecified atom stereocenters. The maximum atomic E-state index is 13.3. The highest BCUT2D eigenvalue weighted by Gasteiger charge is 2.31. The first-order chi connectivity index (χ1) is 17.9. The quantitative estimate of drug-likeness (QED) is 0.571. The van der Waals surface area contributed by atoms with E-state index in [1.807, 2.05) is 11.8 Å². The maximum absolute atomic E-state index is 13.3. The van der Waals surface area contributed by atoms with Gasteiger partial charge in [0.05, 0.1) is 6.26 Å². The zero-order valence-electron chi connectivity index (χ0n) is 23.2. The molecule has 38 heavy (non-hydrogen) atoms. The molecule has 0 aliphatic carbocycles. The van der Waals surface area contributed by atoms with Gasteiger partial charge in [-0.1, -0.05) is 45.0 Å². The summed E-state index contributed by atoms with van der Waals surface area (Å²) in [6, 6.07) is 8.81. The number of sulfonamides is 1. The van der Waals surface area contributed by atoms with Crippen molar-refractivity contribution in [2.75, 3.05) is 32.4 Å². The Kier molecular flexibility index (Phi) is 8.74. The van der Waals surface area contributed by atoms with Crippen LogP contribution in [0.5, 0.6) is 5.88 Å². The van der Waals surface area contributed by atoms with Crippen LogP contribution in [0.2, 0.25) is 0 Å². The number of nitrogens with one attached hydrogen (secondary N) is 1. The van der Waals surface area contributed by atoms with Gasteiger partial charge in [0.1, 0.15) is 18.6 Å². The second-order valence-corrected chi connectivity index (χ2v) is 13.4. The molecular formula is C28H41N5O4S. The van der Waals surface area contributed by atoms with Crippen LogP contribution in [0.4, 0.5) is 0 Å². The van der Waals surface area contributed by atoms with Crippen molar-refractivity contribution in [2.24, 2.45) is 0 Å². The van der Waals surface area contributed by atoms with Crippen LogP contribution < -0.4 is 9.46 Å². The minimum Gasteiger partial charge on any atom is -0.473 e. The van der Waals surface area contributed by atoms with Crippen LogP contribution in [0.3, 0.4) is 0 Å². The van der Waals surface area contributed by atoms with E-state index in [0.717, 1.165) is 44.3 Å². The summed E-state index contributed by atoms with van der Waals surface area (Å²) in [7, 11) is -3.17. The molecule has 0 bridgehead atoms. The number of hydrogen-bond donors (Lipinski definition) is 1. The summed E-state index contributed by atoms with van der Waals surface area (Å²) in [5.74, 6) is 0.350. The number of aromatic nitrogens is 2. The first-order valence-electron chi connectivity index (χ1n) is 13.4. The monoisotopic (exact) mass is 543 g/mol. The molecule has 3 heterocycles. The molecule has 4 rings (SSSR count). The van der Waals surface area contributed by atoms with Gasteiger partial charge in [-0.3, -0.25) is 4.79 Å². The van der Waals surface area contributed by atoms with E-state index in [2.05, 4.69) is 64.6 Å². The highest BCUT2D eigenvalue weighted by molar-refractivity contribution is 7.88. The molecular weight excluding hydrogens is 502 g/mol. The van der Waals surface area contributed by atoms with E-state index >= 15 is 0 Å². The molecule has 0 saturated carbocycles. The molecule has 10 heteroatoms. The molecule has 9 nitrogen and oxygen atoms in total. The molecule has 1 N–H and O–H groups in total. The van der Waals surface area contributed by atoms with Gasteiger partial charge in [0.25, 0.3) is 5.91 Å². The van der Waals surface area contributed by atoms with Gasteiger partial charge in [0.15, 0.2) is 0 Å². The van der Waals surface area contributed by atoms with Crippen LogP contribution >= 0.6 is 0 Å². The van der Waals surface area contributed by atoms with E-state index in [4.69, 9.17) is 4.74 Å². The Morgan fingerprint density at radius 3 is 2.24 bits per heavy atom. The molecule has 0 spiro atoms. The summed E-state index contributed by atoms with van der Waals surface area (Å²) in [6.45, 7) is 11.9. The van der Waals surface area contributed by atoms with E-state index in [1.54, 1.807) is 0 Å². The van der Waals surface area contributed by atoms with Gasteiger partial charge in [0, 0.05) is 30.7 Å². The summed E-state index contributed by atoms with van der Waals surface area (Å²) < 4.78 is 31.7. The first kappa shape index (κ1) is 28.4. The predicted molar refractivity (Wildman–Crippen MR) is 148 cm³/mol. The van der Waals surface area contributed by atoms with Crippen LogP contribution in [0, 0.1) is 6.92 Å². The van der Waals surface area contributed by atoms with Crippen molar-refractivity contribution in [3.8, 4) is 5.88 Å². The number of benzene rings is 1. The molecule has 0 atom stereocenters. The third-order valence-corrected chi connectivity index (χ3v) is 8.38. The van der Waals surface area contributed by atoms with E-state index in [-0.39, 0.29) is 17.4 Å². The largest absolute Gasteiger partial charge is 0.473 e. The number of piperidine rings is 2. The molecule has 2 fully saturated rings. The van der Waals surface area contributed by atoms with Gasteiger partial charge in [-0.25, -0.2) is 23.1 Å². The molecule has 2 aliphatic rings. The third-order valence-electron chi connectivity index (χ3n) is 7.61. The van der Waals surface area contributed by atoms with Gasteiger partial charge in [-0.15, -0.1) is 0 Å². The van der Waals surface area contributed by atoms with Crippen molar-refractivity contribution in [2.45, 2.75) is 77.5 Å². The van der Waals surface area contributed by atoms with Crippen LogP contribution in [0.25, 0.3) is 0 Å². The highest BCUT2D eigenvalue weighted by Crippen LogP contribution is 2.25.